The highest BCUT2D eigenvalue weighted by atomic mass is 31.2. The summed E-state index contributed by atoms with van der Waals surface area (Å²) in [7, 11) is -2.04. The van der Waals surface area contributed by atoms with Crippen molar-refractivity contribution in [2.45, 2.75) is 19.0 Å². The highest BCUT2D eigenvalue weighted by Crippen LogP contribution is 2.48. The van der Waals surface area contributed by atoms with E-state index in [1.807, 2.05) is 66.7 Å². The highest BCUT2D eigenvalue weighted by Gasteiger charge is 2.40. The molecule has 0 spiro atoms. The normalized spacial score (nSPS) is 19.7. The minimum absolute atomic E-state index is 0.253. The third-order valence-corrected chi connectivity index (χ3v) is 7.07. The quantitative estimate of drug-likeness (QED) is 0.613. The number of nitrogens with one attached hydrogen (secondary N) is 1. The summed E-state index contributed by atoms with van der Waals surface area (Å²) in [5.74, 6) is 0. The van der Waals surface area contributed by atoms with Crippen LogP contribution in [0.5, 0.6) is 0 Å². The van der Waals surface area contributed by atoms with E-state index in [-0.39, 0.29) is 6.04 Å². The van der Waals surface area contributed by atoms with Gasteiger partial charge in [-0.25, -0.2) is 4.67 Å². The monoisotopic (exact) mass is 391 g/mol. The Morgan fingerprint density at radius 1 is 0.857 bits per heavy atom. The maximum atomic E-state index is 13.4. The first-order valence-electron chi connectivity index (χ1n) is 9.77. The summed E-state index contributed by atoms with van der Waals surface area (Å²) in [6.07, 6.45) is 0.946. The van der Waals surface area contributed by atoms with E-state index in [4.69, 9.17) is 0 Å². The molecule has 144 valence electrons. The Bertz CT molecular complexity index is 847. The molecule has 2 unspecified atom stereocenters. The zero-order chi connectivity index (χ0) is 19.2. The summed E-state index contributed by atoms with van der Waals surface area (Å²) in [6.45, 7) is 2.38. The first kappa shape index (κ1) is 18.9. The lowest BCUT2D eigenvalue weighted by atomic mass is 10.1. The molecule has 1 saturated heterocycles. The summed E-state index contributed by atoms with van der Waals surface area (Å²) in [5, 5.41) is 3.49. The molecule has 0 radical (unpaired) electrons. The molecule has 4 nitrogen and oxygen atoms in total. The number of hydrogen-bond donors (Lipinski definition) is 1. The molecule has 3 aromatic rings. The largest absolute Gasteiger partial charge is 0.648 e. The average Bonchev–Trinajstić information content (AvgIpc) is 3.06. The number of hydrogen-bond acceptors (Lipinski definition) is 4. The smallest absolute Gasteiger partial charge is 0.117 e. The molecule has 28 heavy (non-hydrogen) atoms. The van der Waals surface area contributed by atoms with E-state index in [1.54, 1.807) is 0 Å². The SMILES string of the molecule is [O-][PH+]1N(c2ccccc2)CC(CCNc2ccccc2)N1Cc1ccccc1. The van der Waals surface area contributed by atoms with Crippen LogP contribution in [0, 0.1) is 0 Å². The van der Waals surface area contributed by atoms with Crippen LogP contribution in [0.4, 0.5) is 11.4 Å². The lowest BCUT2D eigenvalue weighted by Crippen LogP contribution is -2.31. The van der Waals surface area contributed by atoms with Crippen LogP contribution < -0.4 is 14.9 Å². The number of rotatable bonds is 7. The minimum atomic E-state index is -2.04. The molecule has 3 aromatic carbocycles. The van der Waals surface area contributed by atoms with Crippen LogP contribution in [0.1, 0.15) is 12.0 Å². The Labute approximate surface area is 168 Å². The fourth-order valence-electron chi connectivity index (χ4n) is 3.69. The van der Waals surface area contributed by atoms with E-state index >= 15 is 0 Å². The Morgan fingerprint density at radius 3 is 2.14 bits per heavy atom. The van der Waals surface area contributed by atoms with Gasteiger partial charge in [-0.15, -0.1) is 0 Å². The molecule has 1 N–H and O–H groups in total. The molecule has 1 heterocycles. The van der Waals surface area contributed by atoms with Gasteiger partial charge >= 0.3 is 0 Å². The molecular formula is C23H26N3OP. The van der Waals surface area contributed by atoms with Gasteiger partial charge in [0.15, 0.2) is 0 Å². The maximum absolute atomic E-state index is 13.4. The second-order valence-electron chi connectivity index (χ2n) is 7.08. The molecule has 4 rings (SSSR count). The average molecular weight is 391 g/mol. The Morgan fingerprint density at radius 2 is 1.46 bits per heavy atom. The van der Waals surface area contributed by atoms with Gasteiger partial charge in [-0.1, -0.05) is 66.7 Å². The maximum Gasteiger partial charge on any atom is 0.117 e. The molecule has 2 atom stereocenters. The van der Waals surface area contributed by atoms with E-state index < -0.39 is 8.45 Å². The van der Waals surface area contributed by atoms with Crippen molar-refractivity contribution in [2.75, 3.05) is 23.1 Å². The summed E-state index contributed by atoms with van der Waals surface area (Å²) >= 11 is 0. The van der Waals surface area contributed by atoms with Crippen molar-refractivity contribution in [3.8, 4) is 0 Å². The van der Waals surface area contributed by atoms with Crippen LogP contribution in [0.25, 0.3) is 0 Å². The number of benzene rings is 3. The first-order valence-corrected chi connectivity index (χ1v) is 11.1. The summed E-state index contributed by atoms with van der Waals surface area (Å²) < 4.78 is 4.28. The molecule has 1 aliphatic rings. The summed E-state index contributed by atoms with van der Waals surface area (Å²) in [6, 6.07) is 31.0. The van der Waals surface area contributed by atoms with Crippen LogP contribution in [0.3, 0.4) is 0 Å². The summed E-state index contributed by atoms with van der Waals surface area (Å²) in [5.41, 5.74) is 3.38. The summed E-state index contributed by atoms with van der Waals surface area (Å²) in [4.78, 5) is 13.4. The third-order valence-electron chi connectivity index (χ3n) is 5.15. The zero-order valence-electron chi connectivity index (χ0n) is 15.9. The molecule has 0 aliphatic carbocycles. The van der Waals surface area contributed by atoms with Crippen molar-refractivity contribution < 1.29 is 4.89 Å². The van der Waals surface area contributed by atoms with Gasteiger partial charge in [0.25, 0.3) is 0 Å². The van der Waals surface area contributed by atoms with Gasteiger partial charge in [-0.05, 0) is 36.2 Å². The van der Waals surface area contributed by atoms with Crippen molar-refractivity contribution in [1.82, 2.24) is 4.67 Å². The van der Waals surface area contributed by atoms with Gasteiger partial charge in [0, 0.05) is 12.2 Å². The number of nitrogens with zero attached hydrogens (tertiary/aromatic N) is 2. The fourth-order valence-corrected chi connectivity index (χ4v) is 5.57. The Kier molecular flexibility index (Phi) is 6.23. The van der Waals surface area contributed by atoms with Crippen LogP contribution in [-0.2, 0) is 6.54 Å². The standard InChI is InChI=1S/C23H26N3OP/c27-28-25(18-20-10-4-1-5-11-20)23(16-17-24-21-12-6-2-7-13-21)19-26(28)22-14-8-3-9-15-22/h1-15,23-24,28H,16-19H2. The van der Waals surface area contributed by atoms with Crippen LogP contribution in [0.15, 0.2) is 91.0 Å². The minimum Gasteiger partial charge on any atom is -0.648 e. The molecule has 1 fully saturated rings. The third kappa shape index (κ3) is 4.53. The van der Waals surface area contributed by atoms with Gasteiger partial charge in [-0.2, -0.15) is 4.67 Å². The predicted molar refractivity (Wildman–Crippen MR) is 117 cm³/mol. The Hall–Kier alpha value is -2.39. The van der Waals surface area contributed by atoms with Crippen molar-refractivity contribution in [1.29, 1.82) is 0 Å². The van der Waals surface area contributed by atoms with E-state index in [0.29, 0.717) is 0 Å². The van der Waals surface area contributed by atoms with Crippen LogP contribution in [-0.4, -0.2) is 23.8 Å². The first-order chi connectivity index (χ1) is 13.8. The second kappa shape index (κ2) is 9.20. The van der Waals surface area contributed by atoms with Gasteiger partial charge in [0.05, 0.1) is 24.8 Å². The Balaban J connectivity index is 1.47. The molecule has 0 amide bonds. The van der Waals surface area contributed by atoms with Gasteiger partial charge in [-0.3, -0.25) is 0 Å². The van der Waals surface area contributed by atoms with Crippen molar-refractivity contribution in [2.24, 2.45) is 0 Å². The fraction of sp³-hybridized carbons (Fsp3) is 0.217. The molecule has 0 aromatic heterocycles. The van der Waals surface area contributed by atoms with E-state index in [2.05, 4.69) is 38.9 Å². The van der Waals surface area contributed by atoms with Gasteiger partial charge in [0.1, 0.15) is 8.45 Å². The van der Waals surface area contributed by atoms with Crippen molar-refractivity contribution >= 4 is 19.8 Å². The topological polar surface area (TPSA) is 41.6 Å². The second-order valence-corrected chi connectivity index (χ2v) is 8.76. The predicted octanol–water partition coefficient (Wildman–Crippen LogP) is 4.20. The molecule has 5 heteroatoms. The van der Waals surface area contributed by atoms with Gasteiger partial charge < -0.3 is 10.2 Å². The van der Waals surface area contributed by atoms with Gasteiger partial charge in [0.2, 0.25) is 0 Å². The van der Waals surface area contributed by atoms with E-state index in [9.17, 15) is 4.89 Å². The van der Waals surface area contributed by atoms with E-state index in [1.165, 1.54) is 5.56 Å². The molecular weight excluding hydrogens is 365 g/mol. The molecule has 0 saturated carbocycles. The van der Waals surface area contributed by atoms with Crippen LogP contribution >= 0.6 is 8.45 Å². The lowest BCUT2D eigenvalue weighted by Gasteiger charge is -2.27. The molecule has 1 aliphatic heterocycles. The van der Waals surface area contributed by atoms with Crippen molar-refractivity contribution in [3.63, 3.8) is 0 Å². The zero-order valence-corrected chi connectivity index (χ0v) is 16.9. The molecule has 0 bridgehead atoms. The highest BCUT2D eigenvalue weighted by molar-refractivity contribution is 7.49. The van der Waals surface area contributed by atoms with Crippen LogP contribution in [0.2, 0.25) is 0 Å². The van der Waals surface area contributed by atoms with E-state index in [0.717, 1.165) is 37.4 Å². The number of anilines is 2. The lowest BCUT2D eigenvalue weighted by molar-refractivity contribution is -0.170. The van der Waals surface area contributed by atoms with Crippen molar-refractivity contribution in [3.05, 3.63) is 96.6 Å². The number of para-hydroxylation sites is 2.